The Morgan fingerprint density at radius 2 is 1.47 bits per heavy atom. The zero-order chi connectivity index (χ0) is 50.6. The van der Waals surface area contributed by atoms with Crippen molar-refractivity contribution in [2.75, 3.05) is 23.0 Å². The monoisotopic (exact) mass is 844 g/mol. The van der Waals surface area contributed by atoms with Gasteiger partial charge in [-0.1, -0.05) is 143 Å². The lowest BCUT2D eigenvalue weighted by molar-refractivity contribution is 0.306. The van der Waals surface area contributed by atoms with E-state index in [-0.39, 0.29) is 53.2 Å². The molecule has 0 spiro atoms. The number of hydrogen-bond acceptors (Lipinski definition) is 4. The normalized spacial score (nSPS) is 14.5. The molecule has 10 rings (SSSR count). The summed E-state index contributed by atoms with van der Waals surface area (Å²) in [7, 11) is 0. The summed E-state index contributed by atoms with van der Waals surface area (Å²) in [5.41, 5.74) is 11.9. The molecule has 9 aromatic rings. The number of hydrogen-bond donors (Lipinski definition) is 0. The number of anilines is 3. The first-order valence-electron chi connectivity index (χ1n) is 26.3. The number of para-hydroxylation sites is 3. The maximum Gasteiger partial charge on any atom is 0.137 e. The van der Waals surface area contributed by atoms with Crippen molar-refractivity contribution < 1.29 is 15.7 Å². The van der Waals surface area contributed by atoms with Crippen molar-refractivity contribution in [3.05, 3.63) is 204 Å². The second kappa shape index (κ2) is 17.6. The van der Waals surface area contributed by atoms with Gasteiger partial charge in [-0.2, -0.15) is 0 Å². The highest BCUT2D eigenvalue weighted by Gasteiger charge is 2.27. The average molecular weight is 845 g/mol. The molecule has 0 bridgehead atoms. The SMILES string of the molecule is [2H]c1c([2H])c([2H])c(-c2cc(C(C)C)cc(C(C)C)c2CCCN2CN(c3cccc(COc4ccc5c6ccccc6n(-c6cc(C([2H])([2H])[2H])c(-c7ccccc7)cn6)c5c4)c3)c3ccccc32)c([2H])c1[2H]. The van der Waals surface area contributed by atoms with Crippen LogP contribution in [0.2, 0.25) is 0 Å². The summed E-state index contributed by atoms with van der Waals surface area (Å²) in [6, 6.07) is 45.1. The maximum atomic E-state index is 8.93. The van der Waals surface area contributed by atoms with Gasteiger partial charge in [-0.15, -0.1) is 0 Å². The number of aryl methyl sites for hydroxylation is 1. The van der Waals surface area contributed by atoms with Gasteiger partial charge in [0.05, 0.1) is 35.9 Å². The minimum atomic E-state index is -2.37. The molecule has 2 aromatic heterocycles. The van der Waals surface area contributed by atoms with Crippen LogP contribution >= 0.6 is 0 Å². The van der Waals surface area contributed by atoms with Gasteiger partial charge in [0.25, 0.3) is 0 Å². The molecule has 0 radical (unpaired) electrons. The van der Waals surface area contributed by atoms with Crippen LogP contribution in [0.5, 0.6) is 5.75 Å². The smallest absolute Gasteiger partial charge is 0.137 e. The molecule has 318 valence electrons. The highest BCUT2D eigenvalue weighted by molar-refractivity contribution is 6.09. The van der Waals surface area contributed by atoms with Crippen LogP contribution in [0.1, 0.15) is 84.7 Å². The molecule has 5 nitrogen and oxygen atoms in total. The van der Waals surface area contributed by atoms with Crippen LogP contribution in [0.3, 0.4) is 0 Å². The molecule has 0 amide bonds. The van der Waals surface area contributed by atoms with Crippen LogP contribution in [0.4, 0.5) is 17.1 Å². The lowest BCUT2D eigenvalue weighted by atomic mass is 9.84. The molecule has 0 aliphatic carbocycles. The van der Waals surface area contributed by atoms with Crippen LogP contribution in [-0.4, -0.2) is 22.8 Å². The molecular weight excluding hydrogens is 781 g/mol. The highest BCUT2D eigenvalue weighted by atomic mass is 16.5. The number of benzene rings is 7. The Morgan fingerprint density at radius 3 is 2.28 bits per heavy atom. The van der Waals surface area contributed by atoms with Crippen molar-refractivity contribution in [3.8, 4) is 33.8 Å². The van der Waals surface area contributed by atoms with Gasteiger partial charge in [-0.25, -0.2) is 4.98 Å². The average Bonchev–Trinajstić information content (AvgIpc) is 3.92. The van der Waals surface area contributed by atoms with Crippen molar-refractivity contribution >= 4 is 38.9 Å². The Morgan fingerprint density at radius 1 is 0.688 bits per heavy atom. The van der Waals surface area contributed by atoms with Gasteiger partial charge < -0.3 is 14.5 Å². The fourth-order valence-electron chi connectivity index (χ4n) is 9.28. The van der Waals surface area contributed by atoms with E-state index in [0.717, 1.165) is 85.2 Å². The molecule has 64 heavy (non-hydrogen) atoms. The van der Waals surface area contributed by atoms with E-state index in [9.17, 15) is 0 Å². The summed E-state index contributed by atoms with van der Waals surface area (Å²) in [4.78, 5) is 9.58. The summed E-state index contributed by atoms with van der Waals surface area (Å²) in [5.74, 6) is 1.53. The summed E-state index contributed by atoms with van der Waals surface area (Å²) in [6.45, 7) is 7.88. The zero-order valence-electron chi connectivity index (χ0n) is 44.7. The molecule has 5 heteroatoms. The second-order valence-corrected chi connectivity index (χ2v) is 17.3. The molecule has 0 atom stereocenters. The van der Waals surface area contributed by atoms with E-state index in [0.29, 0.717) is 36.8 Å². The van der Waals surface area contributed by atoms with E-state index in [1.54, 1.807) is 12.3 Å². The third-order valence-electron chi connectivity index (χ3n) is 12.5. The Labute approximate surface area is 389 Å². The van der Waals surface area contributed by atoms with Crippen molar-refractivity contribution in [3.63, 3.8) is 0 Å². The number of rotatable bonds is 13. The number of pyridine rings is 1. The fourth-order valence-corrected chi connectivity index (χ4v) is 9.28. The third kappa shape index (κ3) is 7.92. The van der Waals surface area contributed by atoms with E-state index in [1.165, 1.54) is 0 Å². The van der Waals surface area contributed by atoms with Crippen LogP contribution in [-0.2, 0) is 13.0 Å². The Kier molecular flexibility index (Phi) is 8.94. The summed E-state index contributed by atoms with van der Waals surface area (Å²) in [6.07, 6.45) is 3.11. The summed E-state index contributed by atoms with van der Waals surface area (Å²) < 4.78 is 77.2. The molecule has 0 saturated heterocycles. The third-order valence-corrected chi connectivity index (χ3v) is 12.5. The standard InChI is InChI=1S/C59H56N4O/c1-40(2)46-34-52(41(3)4)49(53(35-46)44-19-8-6-9-20-44)25-17-31-61-39-62(57-28-15-14-27-56(57)61)47-23-16-18-43(33-47)38-64-48-29-30-51-50-24-12-13-26-55(50)63(58(51)36-48)59-32-42(5)54(37-60-59)45-21-10-7-11-22-45/h6-16,18-24,26-30,32-37,40-41H,17,25,31,38-39H2,1-5H3/i5D3,6D,8D,9D,19D,20D. The van der Waals surface area contributed by atoms with E-state index >= 15 is 0 Å². The fraction of sp³-hybridized carbons (Fsp3) is 0.203. The minimum Gasteiger partial charge on any atom is -0.489 e. The highest BCUT2D eigenvalue weighted by Crippen LogP contribution is 2.42. The topological polar surface area (TPSA) is 33.5 Å². The van der Waals surface area contributed by atoms with Crippen LogP contribution in [0.25, 0.3) is 49.9 Å². The molecule has 0 saturated carbocycles. The number of aromatic nitrogens is 2. The van der Waals surface area contributed by atoms with Crippen LogP contribution in [0, 0.1) is 6.85 Å². The van der Waals surface area contributed by atoms with E-state index in [2.05, 4.69) is 104 Å². The zero-order valence-corrected chi connectivity index (χ0v) is 36.7. The van der Waals surface area contributed by atoms with Crippen molar-refractivity contribution in [1.82, 2.24) is 9.55 Å². The molecular formula is C59H56N4O. The van der Waals surface area contributed by atoms with Crippen molar-refractivity contribution in [1.29, 1.82) is 0 Å². The number of fused-ring (bicyclic) bond motifs is 4. The first kappa shape index (κ1) is 32.5. The molecule has 0 N–H and O–H groups in total. The largest absolute Gasteiger partial charge is 0.489 e. The summed E-state index contributed by atoms with van der Waals surface area (Å²) in [5, 5.41) is 2.02. The minimum absolute atomic E-state index is 0.162. The van der Waals surface area contributed by atoms with Gasteiger partial charge in [-0.3, -0.25) is 4.57 Å². The Balaban J connectivity index is 0.904. The van der Waals surface area contributed by atoms with Crippen molar-refractivity contribution in [2.24, 2.45) is 0 Å². The lowest BCUT2D eigenvalue weighted by Gasteiger charge is -2.24. The second-order valence-electron chi connectivity index (χ2n) is 17.3. The molecule has 0 fully saturated rings. The predicted octanol–water partition coefficient (Wildman–Crippen LogP) is 15.2. The van der Waals surface area contributed by atoms with Gasteiger partial charge in [0, 0.05) is 44.9 Å². The van der Waals surface area contributed by atoms with E-state index < -0.39 is 6.85 Å². The maximum absolute atomic E-state index is 8.93. The number of ether oxygens (including phenoxy) is 1. The summed E-state index contributed by atoms with van der Waals surface area (Å²) >= 11 is 0. The number of nitrogens with zero attached hydrogens (tertiary/aromatic N) is 4. The molecule has 3 heterocycles. The van der Waals surface area contributed by atoms with Gasteiger partial charge in [-0.05, 0) is 125 Å². The molecule has 1 aliphatic heterocycles. The molecule has 7 aromatic carbocycles. The molecule has 0 unspecified atom stereocenters. The van der Waals surface area contributed by atoms with Crippen LogP contribution < -0.4 is 14.5 Å². The predicted molar refractivity (Wildman–Crippen MR) is 269 cm³/mol. The lowest BCUT2D eigenvalue weighted by Crippen LogP contribution is -2.29. The Bertz CT molecular complexity index is 3480. The van der Waals surface area contributed by atoms with Gasteiger partial charge >= 0.3 is 0 Å². The van der Waals surface area contributed by atoms with E-state index in [1.807, 2.05) is 71.3 Å². The van der Waals surface area contributed by atoms with Crippen molar-refractivity contribution in [2.45, 2.75) is 65.8 Å². The Hall–Kier alpha value is -7.11. The van der Waals surface area contributed by atoms with Gasteiger partial charge in [0.1, 0.15) is 18.2 Å². The molecule has 1 aliphatic rings. The van der Waals surface area contributed by atoms with Gasteiger partial charge in [0.2, 0.25) is 0 Å². The van der Waals surface area contributed by atoms with Gasteiger partial charge in [0.15, 0.2) is 0 Å². The van der Waals surface area contributed by atoms with E-state index in [4.69, 9.17) is 20.7 Å². The van der Waals surface area contributed by atoms with Crippen LogP contribution in [0.15, 0.2) is 176 Å². The first-order valence-corrected chi connectivity index (χ1v) is 22.3. The first-order chi connectivity index (χ1) is 34.6. The quantitative estimate of drug-likeness (QED) is 0.116.